The fourth-order valence-corrected chi connectivity index (χ4v) is 3.38. The van der Waals surface area contributed by atoms with Crippen LogP contribution in [-0.4, -0.2) is 24.2 Å². The molecular formula is C18H24N2O. The zero-order chi connectivity index (χ0) is 14.5. The minimum absolute atomic E-state index is 0.692. The molecule has 0 radical (unpaired) electrons. The Balaban J connectivity index is 1.54. The third-order valence-corrected chi connectivity index (χ3v) is 4.46. The molecule has 3 rings (SSSR count). The Morgan fingerprint density at radius 3 is 3.14 bits per heavy atom. The molecule has 2 aromatic rings. The zero-order valence-corrected chi connectivity index (χ0v) is 12.7. The van der Waals surface area contributed by atoms with E-state index in [9.17, 15) is 0 Å². The lowest BCUT2D eigenvalue weighted by atomic mass is 10.00. The van der Waals surface area contributed by atoms with Gasteiger partial charge in [0, 0.05) is 23.7 Å². The van der Waals surface area contributed by atoms with Gasteiger partial charge >= 0.3 is 0 Å². The van der Waals surface area contributed by atoms with Gasteiger partial charge in [-0.05, 0) is 49.9 Å². The minimum atomic E-state index is 0.692. The normalized spacial score (nSPS) is 21.8. The molecule has 1 fully saturated rings. The summed E-state index contributed by atoms with van der Waals surface area (Å²) in [4.78, 5) is 4.37. The number of hydrogen-bond acceptors (Lipinski definition) is 3. The fourth-order valence-electron chi connectivity index (χ4n) is 3.38. The van der Waals surface area contributed by atoms with Crippen LogP contribution in [0, 0.1) is 5.92 Å². The lowest BCUT2D eigenvalue weighted by molar-refractivity contribution is 0.261. The molecule has 1 saturated carbocycles. The Morgan fingerprint density at radius 1 is 1.29 bits per heavy atom. The molecule has 1 aromatic heterocycles. The van der Waals surface area contributed by atoms with E-state index >= 15 is 0 Å². The quantitative estimate of drug-likeness (QED) is 0.876. The summed E-state index contributed by atoms with van der Waals surface area (Å²) in [5.41, 5.74) is 1.00. The van der Waals surface area contributed by atoms with Gasteiger partial charge in [0.15, 0.2) is 0 Å². The smallest absolute Gasteiger partial charge is 0.121 e. The summed E-state index contributed by atoms with van der Waals surface area (Å²) in [6, 6.07) is 10.9. The van der Waals surface area contributed by atoms with Crippen LogP contribution in [0.5, 0.6) is 5.75 Å². The Morgan fingerprint density at radius 2 is 2.24 bits per heavy atom. The number of fused-ring (bicyclic) bond motifs is 1. The van der Waals surface area contributed by atoms with Gasteiger partial charge in [0.25, 0.3) is 0 Å². The highest BCUT2D eigenvalue weighted by Gasteiger charge is 2.25. The summed E-state index contributed by atoms with van der Waals surface area (Å²) in [5, 5.41) is 4.76. The van der Waals surface area contributed by atoms with Crippen molar-refractivity contribution in [2.24, 2.45) is 5.92 Å². The molecule has 0 aliphatic heterocycles. The van der Waals surface area contributed by atoms with Gasteiger partial charge in [0.2, 0.25) is 0 Å². The standard InChI is InChI=1S/C18H24N2O/c1-2-19-17-7-3-5-15(17)10-12-21-16-9-8-14-6-4-11-20-18(14)13-16/h4,6,8-9,11,13,15,17,19H,2-3,5,7,10,12H2,1H3. The van der Waals surface area contributed by atoms with Crippen molar-refractivity contribution in [3.8, 4) is 5.75 Å². The topological polar surface area (TPSA) is 34.1 Å². The Kier molecular flexibility index (Phi) is 4.71. The van der Waals surface area contributed by atoms with Crippen molar-refractivity contribution in [2.75, 3.05) is 13.2 Å². The molecule has 2 atom stereocenters. The van der Waals surface area contributed by atoms with Crippen molar-refractivity contribution in [2.45, 2.75) is 38.6 Å². The molecule has 112 valence electrons. The van der Waals surface area contributed by atoms with Crippen molar-refractivity contribution in [3.63, 3.8) is 0 Å². The minimum Gasteiger partial charge on any atom is -0.494 e. The summed E-state index contributed by atoms with van der Waals surface area (Å²) in [6.07, 6.45) is 6.96. The van der Waals surface area contributed by atoms with Gasteiger partial charge in [0.05, 0.1) is 12.1 Å². The van der Waals surface area contributed by atoms with E-state index in [1.807, 2.05) is 24.4 Å². The van der Waals surface area contributed by atoms with Crippen LogP contribution in [0.2, 0.25) is 0 Å². The monoisotopic (exact) mass is 284 g/mol. The van der Waals surface area contributed by atoms with E-state index in [1.54, 1.807) is 0 Å². The average molecular weight is 284 g/mol. The van der Waals surface area contributed by atoms with Crippen molar-refractivity contribution in [3.05, 3.63) is 36.5 Å². The molecule has 21 heavy (non-hydrogen) atoms. The SMILES string of the molecule is CCNC1CCCC1CCOc1ccc2cccnc2c1. The first-order chi connectivity index (χ1) is 10.4. The third kappa shape index (κ3) is 3.53. The second-order valence-corrected chi connectivity index (χ2v) is 5.85. The number of ether oxygens (including phenoxy) is 1. The van der Waals surface area contributed by atoms with Crippen LogP contribution in [-0.2, 0) is 0 Å². The highest BCUT2D eigenvalue weighted by atomic mass is 16.5. The van der Waals surface area contributed by atoms with Gasteiger partial charge in [-0.2, -0.15) is 0 Å². The largest absolute Gasteiger partial charge is 0.494 e. The van der Waals surface area contributed by atoms with Crippen LogP contribution < -0.4 is 10.1 Å². The number of nitrogens with zero attached hydrogens (tertiary/aromatic N) is 1. The highest BCUT2D eigenvalue weighted by Crippen LogP contribution is 2.28. The lowest BCUT2D eigenvalue weighted by Crippen LogP contribution is -2.32. The summed E-state index contributed by atoms with van der Waals surface area (Å²) >= 11 is 0. The molecule has 0 saturated heterocycles. The van der Waals surface area contributed by atoms with Crippen molar-refractivity contribution >= 4 is 10.9 Å². The number of nitrogens with one attached hydrogen (secondary N) is 1. The van der Waals surface area contributed by atoms with Crippen LogP contribution in [0.1, 0.15) is 32.6 Å². The Labute approximate surface area is 126 Å². The average Bonchev–Trinajstić information content (AvgIpc) is 2.95. The molecule has 2 unspecified atom stereocenters. The van der Waals surface area contributed by atoms with E-state index in [0.717, 1.165) is 42.1 Å². The van der Waals surface area contributed by atoms with Crippen LogP contribution >= 0.6 is 0 Å². The number of pyridine rings is 1. The predicted molar refractivity (Wildman–Crippen MR) is 86.7 cm³/mol. The number of aromatic nitrogens is 1. The third-order valence-electron chi connectivity index (χ3n) is 4.46. The molecule has 1 heterocycles. The molecule has 1 N–H and O–H groups in total. The molecule has 0 amide bonds. The van der Waals surface area contributed by atoms with E-state index in [1.165, 1.54) is 19.3 Å². The second-order valence-electron chi connectivity index (χ2n) is 5.85. The fraction of sp³-hybridized carbons (Fsp3) is 0.500. The molecule has 3 heteroatoms. The Hall–Kier alpha value is -1.61. The van der Waals surface area contributed by atoms with Gasteiger partial charge in [-0.25, -0.2) is 0 Å². The van der Waals surface area contributed by atoms with Crippen molar-refractivity contribution in [1.82, 2.24) is 10.3 Å². The maximum absolute atomic E-state index is 5.93. The van der Waals surface area contributed by atoms with Gasteiger partial charge in [-0.1, -0.05) is 19.4 Å². The highest BCUT2D eigenvalue weighted by molar-refractivity contribution is 5.79. The Bertz CT molecular complexity index is 584. The van der Waals surface area contributed by atoms with Crippen LogP contribution in [0.3, 0.4) is 0 Å². The summed E-state index contributed by atoms with van der Waals surface area (Å²) < 4.78 is 5.93. The summed E-state index contributed by atoms with van der Waals surface area (Å²) in [5.74, 6) is 1.70. The maximum atomic E-state index is 5.93. The molecule has 0 bridgehead atoms. The summed E-state index contributed by atoms with van der Waals surface area (Å²) in [7, 11) is 0. The molecule has 1 aliphatic rings. The molecule has 1 aliphatic carbocycles. The molecule has 0 spiro atoms. The van der Waals surface area contributed by atoms with E-state index in [4.69, 9.17) is 4.74 Å². The first-order valence-corrected chi connectivity index (χ1v) is 8.08. The van der Waals surface area contributed by atoms with Crippen LogP contribution in [0.15, 0.2) is 36.5 Å². The molecule has 3 nitrogen and oxygen atoms in total. The first-order valence-electron chi connectivity index (χ1n) is 8.08. The van der Waals surface area contributed by atoms with E-state index < -0.39 is 0 Å². The molecule has 1 aromatic carbocycles. The molecular weight excluding hydrogens is 260 g/mol. The summed E-state index contributed by atoms with van der Waals surface area (Å²) in [6.45, 7) is 4.05. The maximum Gasteiger partial charge on any atom is 0.121 e. The lowest BCUT2D eigenvalue weighted by Gasteiger charge is -2.20. The van der Waals surface area contributed by atoms with E-state index in [2.05, 4.69) is 29.4 Å². The first kappa shape index (κ1) is 14.3. The van der Waals surface area contributed by atoms with Crippen molar-refractivity contribution < 1.29 is 4.74 Å². The predicted octanol–water partition coefficient (Wildman–Crippen LogP) is 3.78. The number of hydrogen-bond donors (Lipinski definition) is 1. The van der Waals surface area contributed by atoms with E-state index in [-0.39, 0.29) is 0 Å². The van der Waals surface area contributed by atoms with Crippen molar-refractivity contribution in [1.29, 1.82) is 0 Å². The van der Waals surface area contributed by atoms with Gasteiger partial charge in [0.1, 0.15) is 5.75 Å². The number of rotatable bonds is 6. The van der Waals surface area contributed by atoms with Gasteiger partial charge in [-0.3, -0.25) is 4.98 Å². The van der Waals surface area contributed by atoms with Crippen LogP contribution in [0.4, 0.5) is 0 Å². The number of benzene rings is 1. The van der Waals surface area contributed by atoms with Gasteiger partial charge < -0.3 is 10.1 Å². The van der Waals surface area contributed by atoms with Gasteiger partial charge in [-0.15, -0.1) is 0 Å². The second kappa shape index (κ2) is 6.90. The van der Waals surface area contributed by atoms with E-state index in [0.29, 0.717) is 6.04 Å². The zero-order valence-electron chi connectivity index (χ0n) is 12.7. The van der Waals surface area contributed by atoms with Crippen LogP contribution in [0.25, 0.3) is 10.9 Å².